The number of hydrogen-bond donors (Lipinski definition) is 1. The fraction of sp³-hybridized carbons (Fsp3) is 0.462. The molecule has 20 heavy (non-hydrogen) atoms. The molecule has 0 unspecified atom stereocenters. The summed E-state index contributed by atoms with van der Waals surface area (Å²) in [6, 6.07) is 4.92. The van der Waals surface area contributed by atoms with Crippen LogP contribution in [0.4, 0.5) is 11.4 Å². The van der Waals surface area contributed by atoms with Gasteiger partial charge in [-0.25, -0.2) is 13.2 Å². The van der Waals surface area contributed by atoms with Crippen LogP contribution in [0.1, 0.15) is 16.8 Å². The first-order valence-corrected chi connectivity index (χ1v) is 8.18. The van der Waals surface area contributed by atoms with Crippen LogP contribution in [0.5, 0.6) is 0 Å². The molecule has 0 atom stereocenters. The molecule has 0 bridgehead atoms. The summed E-state index contributed by atoms with van der Waals surface area (Å²) in [5.41, 5.74) is 7.50. The molecule has 0 spiro atoms. The SMILES string of the molecule is CN(C)c1ccc(C(=O)OCCCS(C)(=O)=O)cc1N. The second kappa shape index (κ2) is 6.60. The number of anilines is 2. The van der Waals surface area contributed by atoms with Crippen molar-refractivity contribution in [3.63, 3.8) is 0 Å². The Bertz CT molecular complexity index is 582. The van der Waals surface area contributed by atoms with Crippen molar-refractivity contribution < 1.29 is 17.9 Å². The highest BCUT2D eigenvalue weighted by Gasteiger charge is 2.11. The van der Waals surface area contributed by atoms with Crippen molar-refractivity contribution in [2.45, 2.75) is 6.42 Å². The van der Waals surface area contributed by atoms with E-state index in [1.165, 1.54) is 0 Å². The van der Waals surface area contributed by atoms with E-state index < -0.39 is 15.8 Å². The number of carbonyl (C=O) groups is 1. The van der Waals surface area contributed by atoms with Gasteiger partial charge in [-0.15, -0.1) is 0 Å². The number of rotatable bonds is 6. The molecule has 0 aliphatic carbocycles. The van der Waals surface area contributed by atoms with E-state index in [-0.39, 0.29) is 18.8 Å². The van der Waals surface area contributed by atoms with Gasteiger partial charge in [-0.2, -0.15) is 0 Å². The molecule has 0 heterocycles. The highest BCUT2D eigenvalue weighted by molar-refractivity contribution is 7.90. The van der Waals surface area contributed by atoms with Crippen molar-refractivity contribution in [1.29, 1.82) is 0 Å². The molecular weight excluding hydrogens is 280 g/mol. The van der Waals surface area contributed by atoms with Crippen molar-refractivity contribution in [3.8, 4) is 0 Å². The lowest BCUT2D eigenvalue weighted by Crippen LogP contribution is -2.13. The van der Waals surface area contributed by atoms with Crippen LogP contribution in [0.25, 0.3) is 0 Å². The van der Waals surface area contributed by atoms with Crippen molar-refractivity contribution in [1.82, 2.24) is 0 Å². The van der Waals surface area contributed by atoms with E-state index in [4.69, 9.17) is 10.5 Å². The number of hydrogen-bond acceptors (Lipinski definition) is 6. The molecule has 0 aliphatic heterocycles. The summed E-state index contributed by atoms with van der Waals surface area (Å²) in [5.74, 6) is -0.502. The summed E-state index contributed by atoms with van der Waals surface area (Å²) < 4.78 is 26.9. The molecule has 6 nitrogen and oxygen atoms in total. The minimum atomic E-state index is -3.03. The van der Waals surface area contributed by atoms with Crippen molar-refractivity contribution >= 4 is 27.2 Å². The van der Waals surface area contributed by atoms with E-state index in [0.29, 0.717) is 11.3 Å². The van der Waals surface area contributed by atoms with Crippen LogP contribution in [0.2, 0.25) is 0 Å². The Morgan fingerprint density at radius 3 is 2.50 bits per heavy atom. The smallest absolute Gasteiger partial charge is 0.338 e. The molecule has 0 fully saturated rings. The van der Waals surface area contributed by atoms with Crippen LogP contribution in [-0.2, 0) is 14.6 Å². The quantitative estimate of drug-likeness (QED) is 0.477. The van der Waals surface area contributed by atoms with Gasteiger partial charge in [-0.3, -0.25) is 0 Å². The maximum Gasteiger partial charge on any atom is 0.338 e. The molecule has 0 radical (unpaired) electrons. The molecule has 1 rings (SSSR count). The van der Waals surface area contributed by atoms with E-state index in [1.54, 1.807) is 18.2 Å². The summed E-state index contributed by atoms with van der Waals surface area (Å²) in [5, 5.41) is 0. The fourth-order valence-electron chi connectivity index (χ4n) is 1.66. The van der Waals surface area contributed by atoms with Crippen molar-refractivity contribution in [2.75, 3.05) is 43.3 Å². The van der Waals surface area contributed by atoms with Crippen LogP contribution >= 0.6 is 0 Å². The first-order valence-electron chi connectivity index (χ1n) is 6.12. The molecule has 2 N–H and O–H groups in total. The second-order valence-corrected chi connectivity index (χ2v) is 7.05. The van der Waals surface area contributed by atoms with Gasteiger partial charge in [0.1, 0.15) is 9.84 Å². The Hall–Kier alpha value is -1.76. The minimum Gasteiger partial charge on any atom is -0.462 e. The minimum absolute atomic E-state index is 0.00197. The highest BCUT2D eigenvalue weighted by atomic mass is 32.2. The standard InChI is InChI=1S/C13H20N2O4S/c1-15(2)12-6-5-10(9-11(12)14)13(16)19-7-4-8-20(3,17)18/h5-6,9H,4,7-8,14H2,1-3H3. The van der Waals surface area contributed by atoms with Crippen LogP contribution in [0, 0.1) is 0 Å². The third-order valence-electron chi connectivity index (χ3n) is 2.64. The first-order chi connectivity index (χ1) is 9.20. The molecule has 0 amide bonds. The van der Waals surface area contributed by atoms with Gasteiger partial charge in [0.15, 0.2) is 0 Å². The summed E-state index contributed by atoms with van der Waals surface area (Å²) in [6.45, 7) is 0.0707. The summed E-state index contributed by atoms with van der Waals surface area (Å²) in [4.78, 5) is 13.6. The van der Waals surface area contributed by atoms with Gasteiger partial charge >= 0.3 is 5.97 Å². The van der Waals surface area contributed by atoms with E-state index in [1.807, 2.05) is 19.0 Å². The van der Waals surface area contributed by atoms with Gasteiger partial charge in [0.05, 0.1) is 29.3 Å². The first kappa shape index (κ1) is 16.3. The molecule has 112 valence electrons. The third-order valence-corrected chi connectivity index (χ3v) is 3.67. The predicted molar refractivity (Wildman–Crippen MR) is 79.8 cm³/mol. The van der Waals surface area contributed by atoms with Crippen LogP contribution in [-0.4, -0.2) is 47.1 Å². The van der Waals surface area contributed by atoms with E-state index in [2.05, 4.69) is 0 Å². The maximum absolute atomic E-state index is 11.8. The number of benzene rings is 1. The number of nitrogens with two attached hydrogens (primary N) is 1. The monoisotopic (exact) mass is 300 g/mol. The molecule has 0 saturated carbocycles. The number of sulfone groups is 1. The number of nitrogen functional groups attached to an aromatic ring is 1. The number of carbonyl (C=O) groups excluding carboxylic acids is 1. The van der Waals surface area contributed by atoms with Gasteiger partial charge in [0.2, 0.25) is 0 Å². The zero-order valence-electron chi connectivity index (χ0n) is 11.9. The Kier molecular flexibility index (Phi) is 5.38. The summed E-state index contributed by atoms with van der Waals surface area (Å²) in [7, 11) is 0.687. The van der Waals surface area contributed by atoms with Gasteiger partial charge in [0, 0.05) is 20.4 Å². The van der Waals surface area contributed by atoms with Gasteiger partial charge in [-0.05, 0) is 24.6 Å². The van der Waals surface area contributed by atoms with Crippen LogP contribution in [0.3, 0.4) is 0 Å². The summed E-state index contributed by atoms with van der Waals surface area (Å²) >= 11 is 0. The normalized spacial score (nSPS) is 11.2. The van der Waals surface area contributed by atoms with Gasteiger partial charge < -0.3 is 15.4 Å². The van der Waals surface area contributed by atoms with E-state index in [0.717, 1.165) is 11.9 Å². The number of ether oxygens (including phenoxy) is 1. The van der Waals surface area contributed by atoms with Crippen molar-refractivity contribution in [3.05, 3.63) is 23.8 Å². The largest absolute Gasteiger partial charge is 0.462 e. The fourth-order valence-corrected chi connectivity index (χ4v) is 2.30. The Labute approximate surface area is 119 Å². The van der Waals surface area contributed by atoms with E-state index in [9.17, 15) is 13.2 Å². The average Bonchev–Trinajstić information content (AvgIpc) is 2.32. The second-order valence-electron chi connectivity index (χ2n) is 4.79. The highest BCUT2D eigenvalue weighted by Crippen LogP contribution is 2.22. The molecule has 0 aliphatic rings. The molecule has 0 saturated heterocycles. The van der Waals surface area contributed by atoms with Crippen LogP contribution in [0.15, 0.2) is 18.2 Å². The maximum atomic E-state index is 11.8. The van der Waals surface area contributed by atoms with Crippen LogP contribution < -0.4 is 10.6 Å². The van der Waals surface area contributed by atoms with E-state index >= 15 is 0 Å². The molecular formula is C13H20N2O4S. The van der Waals surface area contributed by atoms with Crippen molar-refractivity contribution in [2.24, 2.45) is 0 Å². The lowest BCUT2D eigenvalue weighted by Gasteiger charge is -2.15. The Balaban J connectivity index is 2.58. The predicted octanol–water partition coefficient (Wildman–Crippen LogP) is 0.926. The lowest BCUT2D eigenvalue weighted by atomic mass is 10.1. The number of esters is 1. The molecule has 0 aromatic heterocycles. The topological polar surface area (TPSA) is 89.7 Å². The van der Waals surface area contributed by atoms with Gasteiger partial charge in [0.25, 0.3) is 0 Å². The summed E-state index contributed by atoms with van der Waals surface area (Å²) in [6.07, 6.45) is 1.44. The molecule has 1 aromatic rings. The Morgan fingerprint density at radius 1 is 1.35 bits per heavy atom. The lowest BCUT2D eigenvalue weighted by molar-refractivity contribution is 0.0506. The average molecular weight is 300 g/mol. The molecule has 1 aromatic carbocycles. The number of nitrogens with zero attached hydrogens (tertiary/aromatic N) is 1. The zero-order valence-corrected chi connectivity index (χ0v) is 12.7. The van der Waals surface area contributed by atoms with Gasteiger partial charge in [-0.1, -0.05) is 0 Å². The zero-order chi connectivity index (χ0) is 15.3. The molecule has 7 heteroatoms. The Morgan fingerprint density at radius 2 is 2.00 bits per heavy atom. The third kappa shape index (κ3) is 5.08.